The molecule has 152 valence electrons. The predicted molar refractivity (Wildman–Crippen MR) is 110 cm³/mol. The molecule has 0 aliphatic carbocycles. The number of hydrogen-bond donors (Lipinski definition) is 1. The summed E-state index contributed by atoms with van der Waals surface area (Å²) in [6, 6.07) is 10.4. The van der Waals surface area contributed by atoms with Crippen molar-refractivity contribution in [3.63, 3.8) is 0 Å². The minimum absolute atomic E-state index is 0.00474. The Labute approximate surface area is 175 Å². The summed E-state index contributed by atoms with van der Waals surface area (Å²) in [6.07, 6.45) is 2.78. The maximum atomic E-state index is 12.7. The molecule has 1 fully saturated rings. The van der Waals surface area contributed by atoms with Gasteiger partial charge in [-0.15, -0.1) is 0 Å². The first-order valence-corrected chi connectivity index (χ1v) is 12.4. The van der Waals surface area contributed by atoms with Crippen LogP contribution in [0.15, 0.2) is 52.3 Å². The molecule has 1 saturated heterocycles. The Morgan fingerprint density at radius 3 is 2.18 bits per heavy atom. The zero-order valence-electron chi connectivity index (χ0n) is 14.9. The molecule has 0 unspecified atom stereocenters. The van der Waals surface area contributed by atoms with E-state index < -0.39 is 20.0 Å². The molecule has 1 heterocycles. The smallest absolute Gasteiger partial charge is 0.207 e. The van der Waals surface area contributed by atoms with Crippen LogP contribution in [0.1, 0.15) is 24.8 Å². The van der Waals surface area contributed by atoms with Gasteiger partial charge in [0.1, 0.15) is 4.90 Å². The number of piperidine rings is 1. The van der Waals surface area contributed by atoms with Crippen molar-refractivity contribution >= 4 is 43.2 Å². The molecular weight excluding hydrogens is 443 g/mol. The summed E-state index contributed by atoms with van der Waals surface area (Å²) >= 11 is 11.8. The number of hydrogen-bond acceptors (Lipinski definition) is 4. The van der Waals surface area contributed by atoms with Gasteiger partial charge >= 0.3 is 0 Å². The highest BCUT2D eigenvalue weighted by Gasteiger charge is 2.25. The standard InChI is InChI=1S/C18H20Cl2N2O4S2/c19-15-6-9-17(20)18(12-15)27(23,24)21-13-14-4-7-16(8-5-14)28(25,26)22-10-2-1-3-11-22/h4-9,12,21H,1-3,10-11,13H2. The topological polar surface area (TPSA) is 83.5 Å². The van der Waals surface area contributed by atoms with Crippen LogP contribution in [0.4, 0.5) is 0 Å². The lowest BCUT2D eigenvalue weighted by atomic mass is 10.2. The van der Waals surface area contributed by atoms with E-state index in [1.165, 1.54) is 34.6 Å². The van der Waals surface area contributed by atoms with E-state index in [9.17, 15) is 16.8 Å². The molecule has 28 heavy (non-hydrogen) atoms. The third-order valence-corrected chi connectivity index (χ3v) is 8.56. The van der Waals surface area contributed by atoms with Crippen molar-refractivity contribution < 1.29 is 16.8 Å². The molecule has 0 saturated carbocycles. The molecule has 2 aromatic rings. The zero-order chi connectivity index (χ0) is 20.4. The molecule has 1 aliphatic rings. The van der Waals surface area contributed by atoms with Crippen LogP contribution in [0.3, 0.4) is 0 Å². The summed E-state index contributed by atoms with van der Waals surface area (Å²) in [4.78, 5) is 0.102. The minimum Gasteiger partial charge on any atom is -0.207 e. The minimum atomic E-state index is -3.86. The van der Waals surface area contributed by atoms with Crippen LogP contribution >= 0.6 is 23.2 Å². The van der Waals surface area contributed by atoms with Crippen molar-refractivity contribution in [2.24, 2.45) is 0 Å². The van der Waals surface area contributed by atoms with Crippen LogP contribution in [0.5, 0.6) is 0 Å². The average molecular weight is 463 g/mol. The van der Waals surface area contributed by atoms with Crippen LogP contribution in [0.2, 0.25) is 10.0 Å². The summed E-state index contributed by atoms with van der Waals surface area (Å²) in [5.74, 6) is 0. The van der Waals surface area contributed by atoms with Gasteiger partial charge in [0.25, 0.3) is 0 Å². The van der Waals surface area contributed by atoms with Crippen LogP contribution < -0.4 is 4.72 Å². The average Bonchev–Trinajstić information content (AvgIpc) is 2.69. The summed E-state index contributed by atoms with van der Waals surface area (Å²) < 4.78 is 54.2. The zero-order valence-corrected chi connectivity index (χ0v) is 18.1. The van der Waals surface area contributed by atoms with Gasteiger partial charge in [0.15, 0.2) is 0 Å². The Bertz CT molecular complexity index is 1050. The lowest BCUT2D eigenvalue weighted by Crippen LogP contribution is -2.35. The van der Waals surface area contributed by atoms with Gasteiger partial charge in [0.05, 0.1) is 9.92 Å². The first-order valence-electron chi connectivity index (χ1n) is 8.74. The second-order valence-corrected chi connectivity index (χ2v) is 11.0. The van der Waals surface area contributed by atoms with Gasteiger partial charge in [0.2, 0.25) is 20.0 Å². The van der Waals surface area contributed by atoms with E-state index in [4.69, 9.17) is 23.2 Å². The second kappa shape index (κ2) is 8.69. The number of benzene rings is 2. The van der Waals surface area contributed by atoms with Crippen LogP contribution in [-0.4, -0.2) is 34.2 Å². The fourth-order valence-corrected chi connectivity index (χ4v) is 6.27. The fraction of sp³-hybridized carbons (Fsp3) is 0.333. The monoisotopic (exact) mass is 462 g/mol. The third kappa shape index (κ3) is 4.87. The molecule has 0 amide bonds. The normalized spacial score (nSPS) is 16.2. The summed E-state index contributed by atoms with van der Waals surface area (Å²) in [6.45, 7) is 1.06. The number of nitrogens with one attached hydrogen (secondary N) is 1. The molecular formula is C18H20Cl2N2O4S2. The predicted octanol–water partition coefficient (Wildman–Crippen LogP) is 3.65. The SMILES string of the molecule is O=S(=O)(NCc1ccc(S(=O)(=O)N2CCCCC2)cc1)c1cc(Cl)ccc1Cl. The van der Waals surface area contributed by atoms with E-state index in [1.54, 1.807) is 12.1 Å². The number of nitrogens with zero attached hydrogens (tertiary/aromatic N) is 1. The largest absolute Gasteiger partial charge is 0.243 e. The van der Waals surface area contributed by atoms with E-state index in [-0.39, 0.29) is 26.4 Å². The maximum Gasteiger partial charge on any atom is 0.243 e. The second-order valence-electron chi connectivity index (χ2n) is 6.51. The molecule has 0 bridgehead atoms. The van der Waals surface area contributed by atoms with E-state index in [0.29, 0.717) is 18.7 Å². The summed E-state index contributed by atoms with van der Waals surface area (Å²) in [5.41, 5.74) is 0.624. The highest BCUT2D eigenvalue weighted by atomic mass is 35.5. The van der Waals surface area contributed by atoms with Crippen molar-refractivity contribution in [1.82, 2.24) is 9.03 Å². The van der Waals surface area contributed by atoms with Crippen LogP contribution in [-0.2, 0) is 26.6 Å². The molecule has 3 rings (SSSR count). The summed E-state index contributed by atoms with van der Waals surface area (Å²) in [7, 11) is -7.37. The third-order valence-electron chi connectivity index (χ3n) is 4.53. The molecule has 2 aromatic carbocycles. The number of sulfonamides is 2. The van der Waals surface area contributed by atoms with Crippen molar-refractivity contribution in [3.05, 3.63) is 58.1 Å². The Kier molecular flexibility index (Phi) is 6.69. The van der Waals surface area contributed by atoms with Crippen LogP contribution in [0, 0.1) is 0 Å². The molecule has 1 aliphatic heterocycles. The molecule has 0 aromatic heterocycles. The van der Waals surface area contributed by atoms with Gasteiger partial charge in [-0.3, -0.25) is 0 Å². The lowest BCUT2D eigenvalue weighted by Gasteiger charge is -2.25. The van der Waals surface area contributed by atoms with Crippen molar-refractivity contribution in [3.8, 4) is 0 Å². The quantitative estimate of drug-likeness (QED) is 0.709. The number of rotatable bonds is 6. The van der Waals surface area contributed by atoms with Gasteiger partial charge in [-0.1, -0.05) is 41.8 Å². The molecule has 6 nitrogen and oxygen atoms in total. The first-order chi connectivity index (χ1) is 13.2. The number of halogens is 2. The van der Waals surface area contributed by atoms with E-state index in [0.717, 1.165) is 19.3 Å². The van der Waals surface area contributed by atoms with Gasteiger partial charge in [-0.25, -0.2) is 21.6 Å². The molecule has 10 heteroatoms. The molecule has 1 N–H and O–H groups in total. The van der Waals surface area contributed by atoms with Crippen molar-refractivity contribution in [2.45, 2.75) is 35.6 Å². The molecule has 0 spiro atoms. The van der Waals surface area contributed by atoms with Gasteiger partial charge in [-0.2, -0.15) is 4.31 Å². The highest BCUT2D eigenvalue weighted by molar-refractivity contribution is 7.89. The fourth-order valence-electron chi connectivity index (χ4n) is 2.97. The van der Waals surface area contributed by atoms with Gasteiger partial charge < -0.3 is 0 Å². The lowest BCUT2D eigenvalue weighted by molar-refractivity contribution is 0.346. The highest BCUT2D eigenvalue weighted by Crippen LogP contribution is 2.25. The molecule has 0 radical (unpaired) electrons. The Morgan fingerprint density at radius 1 is 0.893 bits per heavy atom. The molecule has 0 atom stereocenters. The Morgan fingerprint density at radius 2 is 1.54 bits per heavy atom. The van der Waals surface area contributed by atoms with E-state index in [2.05, 4.69) is 4.72 Å². The Balaban J connectivity index is 1.71. The van der Waals surface area contributed by atoms with E-state index >= 15 is 0 Å². The van der Waals surface area contributed by atoms with Crippen molar-refractivity contribution in [1.29, 1.82) is 0 Å². The van der Waals surface area contributed by atoms with E-state index in [1.807, 2.05) is 0 Å². The van der Waals surface area contributed by atoms with Crippen LogP contribution in [0.25, 0.3) is 0 Å². The Hall–Kier alpha value is -1.16. The maximum absolute atomic E-state index is 12.7. The summed E-state index contributed by atoms with van der Waals surface area (Å²) in [5, 5.41) is 0.330. The van der Waals surface area contributed by atoms with Crippen molar-refractivity contribution in [2.75, 3.05) is 13.1 Å². The van der Waals surface area contributed by atoms with Gasteiger partial charge in [-0.05, 0) is 48.7 Å². The first kappa shape index (κ1) is 21.5. The van der Waals surface area contributed by atoms with Gasteiger partial charge in [0, 0.05) is 24.7 Å².